The molecule has 2 heterocycles. The van der Waals surface area contributed by atoms with Gasteiger partial charge in [-0.2, -0.15) is 0 Å². The number of carbonyl (C=O) groups excluding carboxylic acids is 2. The fourth-order valence-electron chi connectivity index (χ4n) is 3.22. The average molecular weight is 361 g/mol. The van der Waals surface area contributed by atoms with E-state index in [1.54, 1.807) is 22.9 Å². The van der Waals surface area contributed by atoms with Crippen LogP contribution in [0.3, 0.4) is 0 Å². The Balaban J connectivity index is 1.77. The van der Waals surface area contributed by atoms with E-state index in [0.29, 0.717) is 13.0 Å². The monoisotopic (exact) mass is 361 g/mol. The highest BCUT2D eigenvalue weighted by Crippen LogP contribution is 2.40. The summed E-state index contributed by atoms with van der Waals surface area (Å²) in [6, 6.07) is 8.30. The lowest BCUT2D eigenvalue weighted by Gasteiger charge is -2.32. The first kappa shape index (κ1) is 18.0. The SMILES string of the molecule is CC(O)C(N)C(=O)N1CCC[C@H]1C(=O)N1C=CSC1c1ccccc1. The van der Waals surface area contributed by atoms with Crippen molar-refractivity contribution in [2.24, 2.45) is 5.73 Å². The number of aliphatic hydroxyl groups excluding tert-OH is 1. The fourth-order valence-corrected chi connectivity index (χ4v) is 4.19. The lowest BCUT2D eigenvalue weighted by Crippen LogP contribution is -2.54. The van der Waals surface area contributed by atoms with Crippen LogP contribution in [0.1, 0.15) is 30.7 Å². The van der Waals surface area contributed by atoms with E-state index in [2.05, 4.69) is 0 Å². The van der Waals surface area contributed by atoms with Gasteiger partial charge in [0.1, 0.15) is 17.5 Å². The number of likely N-dealkylation sites (tertiary alicyclic amines) is 1. The molecule has 2 aliphatic rings. The zero-order chi connectivity index (χ0) is 18.0. The minimum Gasteiger partial charge on any atom is -0.391 e. The van der Waals surface area contributed by atoms with E-state index >= 15 is 0 Å². The molecule has 2 aliphatic heterocycles. The van der Waals surface area contributed by atoms with Gasteiger partial charge in [0.2, 0.25) is 5.91 Å². The number of thioether (sulfide) groups is 1. The van der Waals surface area contributed by atoms with E-state index in [4.69, 9.17) is 5.73 Å². The summed E-state index contributed by atoms with van der Waals surface area (Å²) in [6.45, 7) is 1.98. The summed E-state index contributed by atoms with van der Waals surface area (Å²) in [5, 5.41) is 11.4. The van der Waals surface area contributed by atoms with Crippen molar-refractivity contribution in [1.29, 1.82) is 0 Å². The number of aliphatic hydroxyl groups is 1. The molecule has 3 rings (SSSR count). The average Bonchev–Trinajstić information content (AvgIpc) is 3.29. The summed E-state index contributed by atoms with van der Waals surface area (Å²) in [4.78, 5) is 28.8. The van der Waals surface area contributed by atoms with Crippen LogP contribution in [-0.4, -0.2) is 51.5 Å². The predicted octanol–water partition coefficient (Wildman–Crippen LogP) is 1.43. The van der Waals surface area contributed by atoms with Crippen LogP contribution >= 0.6 is 11.8 Å². The molecular formula is C18H23N3O3S. The molecule has 7 heteroatoms. The molecule has 134 valence electrons. The highest BCUT2D eigenvalue weighted by molar-refractivity contribution is 8.02. The second kappa shape index (κ2) is 7.59. The van der Waals surface area contributed by atoms with Crippen molar-refractivity contribution in [3.63, 3.8) is 0 Å². The third-order valence-electron chi connectivity index (χ3n) is 4.65. The van der Waals surface area contributed by atoms with Crippen LogP contribution in [-0.2, 0) is 9.59 Å². The molecule has 6 nitrogen and oxygen atoms in total. The van der Waals surface area contributed by atoms with Crippen molar-refractivity contribution in [3.8, 4) is 0 Å². The largest absolute Gasteiger partial charge is 0.391 e. The third kappa shape index (κ3) is 3.58. The molecule has 0 spiro atoms. The molecule has 1 aromatic rings. The van der Waals surface area contributed by atoms with Crippen LogP contribution in [0.15, 0.2) is 41.9 Å². The van der Waals surface area contributed by atoms with Crippen LogP contribution < -0.4 is 5.73 Å². The first-order chi connectivity index (χ1) is 12.0. The van der Waals surface area contributed by atoms with Crippen LogP contribution in [0.2, 0.25) is 0 Å². The van der Waals surface area contributed by atoms with E-state index in [1.807, 2.05) is 35.7 Å². The van der Waals surface area contributed by atoms with Crippen molar-refractivity contribution < 1.29 is 14.7 Å². The van der Waals surface area contributed by atoms with Gasteiger partial charge in [0.05, 0.1) is 6.10 Å². The lowest BCUT2D eigenvalue weighted by molar-refractivity contribution is -0.144. The van der Waals surface area contributed by atoms with Gasteiger partial charge < -0.3 is 15.7 Å². The summed E-state index contributed by atoms with van der Waals surface area (Å²) in [5.41, 5.74) is 6.83. The normalized spacial score (nSPS) is 25.2. The number of amides is 2. The molecule has 0 bridgehead atoms. The van der Waals surface area contributed by atoms with Gasteiger partial charge in [-0.05, 0) is 30.7 Å². The molecule has 1 saturated heterocycles. The second-order valence-corrected chi connectivity index (χ2v) is 7.38. The molecule has 0 saturated carbocycles. The maximum atomic E-state index is 13.1. The number of benzene rings is 1. The molecule has 1 aromatic carbocycles. The van der Waals surface area contributed by atoms with Gasteiger partial charge in [0.25, 0.3) is 5.91 Å². The Morgan fingerprint density at radius 1 is 1.32 bits per heavy atom. The molecule has 25 heavy (non-hydrogen) atoms. The van der Waals surface area contributed by atoms with Gasteiger partial charge in [-0.1, -0.05) is 30.3 Å². The van der Waals surface area contributed by atoms with E-state index in [-0.39, 0.29) is 17.2 Å². The maximum Gasteiger partial charge on any atom is 0.250 e. The van der Waals surface area contributed by atoms with Gasteiger partial charge in [-0.25, -0.2) is 0 Å². The molecule has 4 atom stereocenters. The molecule has 3 unspecified atom stereocenters. The third-order valence-corrected chi connectivity index (χ3v) is 5.68. The molecule has 0 aliphatic carbocycles. The molecule has 2 amide bonds. The van der Waals surface area contributed by atoms with Gasteiger partial charge >= 0.3 is 0 Å². The van der Waals surface area contributed by atoms with Crippen LogP contribution in [0, 0.1) is 0 Å². The summed E-state index contributed by atoms with van der Waals surface area (Å²) < 4.78 is 0. The Labute approximate surface area is 151 Å². The molecule has 3 N–H and O–H groups in total. The first-order valence-corrected chi connectivity index (χ1v) is 9.38. The van der Waals surface area contributed by atoms with Crippen molar-refractivity contribution in [1.82, 2.24) is 9.80 Å². The standard InChI is InChI=1S/C18H23N3O3S/c1-12(22)15(19)17(24)20-9-5-8-14(20)16(23)21-10-11-25-18(21)13-6-3-2-4-7-13/h2-4,6-7,10-12,14-15,18,22H,5,8-9,19H2,1H3/t12?,14-,15?,18?/m0/s1. The van der Waals surface area contributed by atoms with E-state index in [0.717, 1.165) is 12.0 Å². The Morgan fingerprint density at radius 3 is 2.72 bits per heavy atom. The smallest absolute Gasteiger partial charge is 0.250 e. The van der Waals surface area contributed by atoms with E-state index in [9.17, 15) is 14.7 Å². The first-order valence-electron chi connectivity index (χ1n) is 8.44. The van der Waals surface area contributed by atoms with Gasteiger partial charge in [0.15, 0.2) is 0 Å². The van der Waals surface area contributed by atoms with E-state index in [1.165, 1.54) is 11.8 Å². The maximum absolute atomic E-state index is 13.1. The van der Waals surface area contributed by atoms with Crippen LogP contribution in [0.4, 0.5) is 0 Å². The summed E-state index contributed by atoms with van der Waals surface area (Å²) in [6.07, 6.45) is 2.21. The molecule has 0 aromatic heterocycles. The van der Waals surface area contributed by atoms with Crippen molar-refractivity contribution in [2.45, 2.75) is 43.3 Å². The van der Waals surface area contributed by atoms with Crippen molar-refractivity contribution in [3.05, 3.63) is 47.5 Å². The number of carbonyl (C=O) groups is 2. The predicted molar refractivity (Wildman–Crippen MR) is 97.2 cm³/mol. The van der Waals surface area contributed by atoms with Gasteiger partial charge in [0, 0.05) is 12.7 Å². The number of rotatable bonds is 4. The minimum atomic E-state index is -0.998. The molecule has 1 fully saturated rings. The van der Waals surface area contributed by atoms with Crippen LogP contribution in [0.5, 0.6) is 0 Å². The van der Waals surface area contributed by atoms with Gasteiger partial charge in [-0.15, -0.1) is 11.8 Å². The van der Waals surface area contributed by atoms with Crippen molar-refractivity contribution >= 4 is 23.6 Å². The molecular weight excluding hydrogens is 338 g/mol. The molecule has 0 radical (unpaired) electrons. The highest BCUT2D eigenvalue weighted by Gasteiger charge is 2.41. The number of nitrogens with zero attached hydrogens (tertiary/aromatic N) is 2. The number of hydrogen-bond acceptors (Lipinski definition) is 5. The Bertz CT molecular complexity index is 665. The number of nitrogens with two attached hydrogens (primary N) is 1. The lowest BCUT2D eigenvalue weighted by atomic mass is 10.1. The number of hydrogen-bond donors (Lipinski definition) is 2. The Kier molecular flexibility index (Phi) is 5.46. The van der Waals surface area contributed by atoms with Crippen LogP contribution in [0.25, 0.3) is 0 Å². The topological polar surface area (TPSA) is 86.9 Å². The zero-order valence-electron chi connectivity index (χ0n) is 14.1. The minimum absolute atomic E-state index is 0.0984. The summed E-state index contributed by atoms with van der Waals surface area (Å²) in [7, 11) is 0. The quantitative estimate of drug-likeness (QED) is 0.847. The van der Waals surface area contributed by atoms with Gasteiger partial charge in [-0.3, -0.25) is 14.5 Å². The van der Waals surface area contributed by atoms with Crippen molar-refractivity contribution in [2.75, 3.05) is 6.54 Å². The fraction of sp³-hybridized carbons (Fsp3) is 0.444. The summed E-state index contributed by atoms with van der Waals surface area (Å²) in [5.74, 6) is -0.461. The summed E-state index contributed by atoms with van der Waals surface area (Å²) >= 11 is 1.57. The Morgan fingerprint density at radius 2 is 2.04 bits per heavy atom. The second-order valence-electron chi connectivity index (χ2n) is 6.39. The highest BCUT2D eigenvalue weighted by atomic mass is 32.2. The van der Waals surface area contributed by atoms with E-state index < -0.39 is 18.2 Å². The Hall–Kier alpha value is -1.83. The zero-order valence-corrected chi connectivity index (χ0v) is 14.9.